The highest BCUT2D eigenvalue weighted by molar-refractivity contribution is 5.69. The van der Waals surface area contributed by atoms with E-state index in [2.05, 4.69) is 44.5 Å². The van der Waals surface area contributed by atoms with Gasteiger partial charge in [-0.2, -0.15) is 0 Å². The predicted molar refractivity (Wildman–Crippen MR) is 125 cm³/mol. The number of esters is 1. The van der Waals surface area contributed by atoms with Crippen LogP contribution in [0.4, 0.5) is 4.79 Å². The lowest BCUT2D eigenvalue weighted by Gasteiger charge is -2.21. The number of rotatable bonds is 17. The average Bonchev–Trinajstić information content (AvgIpc) is 2.66. The monoisotopic (exact) mass is 444 g/mol. The molecule has 0 radical (unpaired) electrons. The number of ether oxygens (including phenoxy) is 3. The van der Waals surface area contributed by atoms with E-state index < -0.39 is 6.16 Å². The minimum atomic E-state index is -0.579. The number of carbonyl (C=O) groups is 2. The Morgan fingerprint density at radius 3 is 2.06 bits per heavy atom. The van der Waals surface area contributed by atoms with Crippen LogP contribution in [0.5, 0.6) is 0 Å². The lowest BCUT2D eigenvalue weighted by molar-refractivity contribution is -0.144. The Bertz CT molecular complexity index is 477. The first-order chi connectivity index (χ1) is 14.5. The van der Waals surface area contributed by atoms with E-state index in [4.69, 9.17) is 14.2 Å². The average molecular weight is 445 g/mol. The van der Waals surface area contributed by atoms with Crippen LogP contribution >= 0.6 is 0 Å². The van der Waals surface area contributed by atoms with Crippen LogP contribution in [0.25, 0.3) is 0 Å². The standard InChI is InChI=1S/C24H48N2O5/c1-8-26(17-11-12-19-30-23(28)31-21(2)3)16-10-9-15-25(7)18-13-22(27)29-20-14-24(4,5)6/h21H,8-20H2,1-7H3. The number of carbonyl (C=O) groups excluding carboxylic acids is 2. The molecule has 0 aliphatic heterocycles. The highest BCUT2D eigenvalue weighted by atomic mass is 16.7. The molecule has 0 aliphatic rings. The van der Waals surface area contributed by atoms with Crippen molar-refractivity contribution in [2.24, 2.45) is 5.41 Å². The van der Waals surface area contributed by atoms with E-state index in [0.29, 0.717) is 19.6 Å². The summed E-state index contributed by atoms with van der Waals surface area (Å²) in [5.41, 5.74) is 0.193. The molecule has 7 heteroatoms. The molecule has 0 atom stereocenters. The molecule has 0 heterocycles. The molecular weight excluding hydrogens is 396 g/mol. The van der Waals surface area contributed by atoms with Crippen LogP contribution in [-0.4, -0.2) is 81.0 Å². The summed E-state index contributed by atoms with van der Waals surface area (Å²) < 4.78 is 15.3. The first-order valence-corrected chi connectivity index (χ1v) is 11.9. The molecule has 0 amide bonds. The normalized spacial score (nSPS) is 11.9. The van der Waals surface area contributed by atoms with Gasteiger partial charge in [0.05, 0.1) is 25.7 Å². The number of hydrogen-bond acceptors (Lipinski definition) is 7. The highest BCUT2D eigenvalue weighted by Gasteiger charge is 2.12. The summed E-state index contributed by atoms with van der Waals surface area (Å²) in [6.45, 7) is 18.0. The van der Waals surface area contributed by atoms with Gasteiger partial charge in [-0.3, -0.25) is 4.79 Å². The molecule has 31 heavy (non-hydrogen) atoms. The van der Waals surface area contributed by atoms with Crippen LogP contribution in [0.1, 0.15) is 80.1 Å². The molecule has 0 fully saturated rings. The molecule has 184 valence electrons. The Morgan fingerprint density at radius 1 is 0.871 bits per heavy atom. The molecular formula is C24H48N2O5. The van der Waals surface area contributed by atoms with Crippen LogP contribution < -0.4 is 0 Å². The van der Waals surface area contributed by atoms with Crippen molar-refractivity contribution in [3.63, 3.8) is 0 Å². The van der Waals surface area contributed by atoms with Crippen LogP contribution in [0.3, 0.4) is 0 Å². The van der Waals surface area contributed by atoms with Crippen LogP contribution in [-0.2, 0) is 19.0 Å². The summed E-state index contributed by atoms with van der Waals surface area (Å²) in [5.74, 6) is -0.102. The van der Waals surface area contributed by atoms with Gasteiger partial charge in [0.2, 0.25) is 0 Å². The second-order valence-corrected chi connectivity index (χ2v) is 9.70. The smallest absolute Gasteiger partial charge is 0.466 e. The third kappa shape index (κ3) is 20.3. The van der Waals surface area contributed by atoms with Crippen molar-refractivity contribution < 1.29 is 23.8 Å². The lowest BCUT2D eigenvalue weighted by Crippen LogP contribution is -2.28. The van der Waals surface area contributed by atoms with E-state index >= 15 is 0 Å². The Labute approximate surface area is 190 Å². The second kappa shape index (κ2) is 17.2. The zero-order valence-corrected chi connectivity index (χ0v) is 21.2. The maximum absolute atomic E-state index is 11.8. The molecule has 0 aromatic carbocycles. The Balaban J connectivity index is 3.72. The van der Waals surface area contributed by atoms with Crippen molar-refractivity contribution in [3.8, 4) is 0 Å². The fourth-order valence-electron chi connectivity index (χ4n) is 2.90. The van der Waals surface area contributed by atoms with Crippen molar-refractivity contribution in [3.05, 3.63) is 0 Å². The molecule has 0 aliphatic carbocycles. The molecule has 0 unspecified atom stereocenters. The van der Waals surface area contributed by atoms with Crippen molar-refractivity contribution in [1.29, 1.82) is 0 Å². The van der Waals surface area contributed by atoms with Crippen LogP contribution in [0, 0.1) is 5.41 Å². The quantitative estimate of drug-likeness (QED) is 0.237. The molecule has 0 saturated heterocycles. The molecule has 0 N–H and O–H groups in total. The van der Waals surface area contributed by atoms with Gasteiger partial charge in [0, 0.05) is 6.54 Å². The van der Waals surface area contributed by atoms with Gasteiger partial charge < -0.3 is 24.0 Å². The van der Waals surface area contributed by atoms with Gasteiger partial charge >= 0.3 is 12.1 Å². The summed E-state index contributed by atoms with van der Waals surface area (Å²) in [6.07, 6.45) is 4.70. The first kappa shape index (κ1) is 29.7. The summed E-state index contributed by atoms with van der Waals surface area (Å²) >= 11 is 0. The topological polar surface area (TPSA) is 68.3 Å². The van der Waals surface area contributed by atoms with Gasteiger partial charge in [-0.25, -0.2) is 4.79 Å². The minimum absolute atomic E-state index is 0.102. The molecule has 7 nitrogen and oxygen atoms in total. The van der Waals surface area contributed by atoms with Gasteiger partial charge in [-0.1, -0.05) is 27.7 Å². The summed E-state index contributed by atoms with van der Waals surface area (Å²) in [7, 11) is 2.06. The van der Waals surface area contributed by atoms with E-state index in [0.717, 1.165) is 64.8 Å². The van der Waals surface area contributed by atoms with Crippen molar-refractivity contribution >= 4 is 12.1 Å². The zero-order valence-electron chi connectivity index (χ0n) is 21.2. The largest absolute Gasteiger partial charge is 0.508 e. The maximum atomic E-state index is 11.8. The molecule has 0 saturated carbocycles. The Kier molecular flexibility index (Phi) is 16.5. The first-order valence-electron chi connectivity index (χ1n) is 11.9. The summed E-state index contributed by atoms with van der Waals surface area (Å²) in [5, 5.41) is 0. The Morgan fingerprint density at radius 2 is 1.48 bits per heavy atom. The van der Waals surface area contributed by atoms with Crippen molar-refractivity contribution in [2.75, 3.05) is 53.0 Å². The minimum Gasteiger partial charge on any atom is -0.466 e. The van der Waals surface area contributed by atoms with Crippen molar-refractivity contribution in [1.82, 2.24) is 9.80 Å². The van der Waals surface area contributed by atoms with Crippen LogP contribution in [0.15, 0.2) is 0 Å². The Hall–Kier alpha value is -1.34. The number of nitrogens with zero attached hydrogens (tertiary/aromatic N) is 2. The van der Waals surface area contributed by atoms with Gasteiger partial charge in [0.1, 0.15) is 0 Å². The number of unbranched alkanes of at least 4 members (excludes halogenated alkanes) is 2. The van der Waals surface area contributed by atoms with Gasteiger partial charge in [0.15, 0.2) is 0 Å². The molecule has 0 rings (SSSR count). The lowest BCUT2D eigenvalue weighted by atomic mass is 9.93. The van der Waals surface area contributed by atoms with Gasteiger partial charge in [-0.15, -0.1) is 0 Å². The molecule has 0 aromatic rings. The molecule has 0 bridgehead atoms. The van der Waals surface area contributed by atoms with Gasteiger partial charge in [0.25, 0.3) is 0 Å². The van der Waals surface area contributed by atoms with E-state index in [1.807, 2.05) is 0 Å². The van der Waals surface area contributed by atoms with Crippen molar-refractivity contribution in [2.45, 2.75) is 86.2 Å². The maximum Gasteiger partial charge on any atom is 0.508 e. The zero-order chi connectivity index (χ0) is 23.7. The third-order valence-corrected chi connectivity index (χ3v) is 4.94. The highest BCUT2D eigenvalue weighted by Crippen LogP contribution is 2.18. The van der Waals surface area contributed by atoms with Gasteiger partial charge in [-0.05, 0) is 84.6 Å². The van der Waals surface area contributed by atoms with E-state index in [1.165, 1.54) is 0 Å². The SMILES string of the molecule is CCN(CCCCOC(=O)OC(C)C)CCCCN(C)CCC(=O)OCCC(C)(C)C. The number of hydrogen-bond donors (Lipinski definition) is 0. The summed E-state index contributed by atoms with van der Waals surface area (Å²) in [6, 6.07) is 0. The third-order valence-electron chi connectivity index (χ3n) is 4.94. The summed E-state index contributed by atoms with van der Waals surface area (Å²) in [4.78, 5) is 27.8. The van der Waals surface area contributed by atoms with Crippen LogP contribution in [0.2, 0.25) is 0 Å². The molecule has 0 spiro atoms. The second-order valence-electron chi connectivity index (χ2n) is 9.70. The fraction of sp³-hybridized carbons (Fsp3) is 0.917. The van der Waals surface area contributed by atoms with E-state index in [9.17, 15) is 9.59 Å². The predicted octanol–water partition coefficient (Wildman–Crippen LogP) is 4.73. The van der Waals surface area contributed by atoms with E-state index in [1.54, 1.807) is 13.8 Å². The fourth-order valence-corrected chi connectivity index (χ4v) is 2.90. The van der Waals surface area contributed by atoms with E-state index in [-0.39, 0.29) is 17.5 Å². The molecule has 0 aromatic heterocycles.